The van der Waals surface area contributed by atoms with Gasteiger partial charge >= 0.3 is 5.97 Å². The average Bonchev–Trinajstić information content (AvgIpc) is 3.16. The number of carbonyl (C=O) groups excluding carboxylic acids is 2. The second-order valence-corrected chi connectivity index (χ2v) is 8.25. The fraction of sp³-hybridized carbons (Fsp3) is 0.214. The van der Waals surface area contributed by atoms with Gasteiger partial charge < -0.3 is 18.9 Å². The molecule has 4 rings (SSSR count). The zero-order valence-electron chi connectivity index (χ0n) is 19.8. The molecule has 0 unspecified atom stereocenters. The van der Waals surface area contributed by atoms with Crippen molar-refractivity contribution in [3.63, 3.8) is 0 Å². The van der Waals surface area contributed by atoms with Gasteiger partial charge in [0.15, 0.2) is 5.76 Å². The summed E-state index contributed by atoms with van der Waals surface area (Å²) in [5, 5.41) is 0. The fourth-order valence-electron chi connectivity index (χ4n) is 3.81. The molecule has 0 aliphatic carbocycles. The monoisotopic (exact) mass is 458 g/mol. The maximum absolute atomic E-state index is 13.0. The molecule has 0 saturated heterocycles. The minimum absolute atomic E-state index is 0.176. The lowest BCUT2D eigenvalue weighted by Crippen LogP contribution is -2.12. The van der Waals surface area contributed by atoms with Crippen molar-refractivity contribution in [2.24, 2.45) is 0 Å². The average molecular weight is 459 g/mol. The van der Waals surface area contributed by atoms with Crippen LogP contribution in [0.25, 0.3) is 6.08 Å². The Bertz CT molecular complexity index is 1260. The topological polar surface area (TPSA) is 71.1 Å². The third kappa shape index (κ3) is 4.27. The molecule has 0 atom stereocenters. The highest BCUT2D eigenvalue weighted by molar-refractivity contribution is 6.15. The van der Waals surface area contributed by atoms with Crippen LogP contribution in [0.1, 0.15) is 57.2 Å². The number of benzene rings is 3. The molecular weight excluding hydrogens is 432 g/mol. The molecule has 0 aromatic heterocycles. The van der Waals surface area contributed by atoms with E-state index in [4.69, 9.17) is 18.9 Å². The lowest BCUT2D eigenvalue weighted by molar-refractivity contribution is 0.0726. The molecule has 0 amide bonds. The number of methoxy groups -OCH3 is 2. The summed E-state index contributed by atoms with van der Waals surface area (Å²) in [5.74, 6) is 1.14. The third-order valence-electron chi connectivity index (χ3n) is 5.77. The quantitative estimate of drug-likeness (QED) is 0.257. The van der Waals surface area contributed by atoms with Crippen LogP contribution in [0.3, 0.4) is 0 Å². The Morgan fingerprint density at radius 2 is 1.56 bits per heavy atom. The summed E-state index contributed by atoms with van der Waals surface area (Å²) in [6.07, 6.45) is 1.72. The number of ketones is 1. The van der Waals surface area contributed by atoms with Gasteiger partial charge in [-0.05, 0) is 54.3 Å². The van der Waals surface area contributed by atoms with Crippen LogP contribution in [0.2, 0.25) is 0 Å². The van der Waals surface area contributed by atoms with E-state index in [9.17, 15) is 9.59 Å². The van der Waals surface area contributed by atoms with Crippen LogP contribution in [-0.4, -0.2) is 26.0 Å². The van der Waals surface area contributed by atoms with Crippen molar-refractivity contribution in [1.29, 1.82) is 0 Å². The molecule has 1 aliphatic rings. The number of hydrogen-bond acceptors (Lipinski definition) is 6. The zero-order chi connectivity index (χ0) is 24.4. The number of allylic oxidation sites excluding steroid dienone is 1. The van der Waals surface area contributed by atoms with E-state index in [-0.39, 0.29) is 22.9 Å². The standard InChI is InChI=1S/C28H26O6/c1-16(2)19-11-9-18(10-12-19)15-24-26(29)20-13-14-21(17(3)27(20)33-24)34-28(30)25-22(31-4)7-6-8-23(25)32-5/h6-16H,1-5H3/b24-15-. The van der Waals surface area contributed by atoms with Gasteiger partial charge in [-0.25, -0.2) is 4.79 Å². The molecule has 0 bridgehead atoms. The summed E-state index contributed by atoms with van der Waals surface area (Å²) < 4.78 is 22.2. The lowest BCUT2D eigenvalue weighted by atomic mass is 10.0. The van der Waals surface area contributed by atoms with E-state index < -0.39 is 5.97 Å². The number of rotatable bonds is 6. The first-order chi connectivity index (χ1) is 16.3. The molecule has 6 heteroatoms. The van der Waals surface area contributed by atoms with Gasteiger partial charge in [-0.1, -0.05) is 44.2 Å². The molecule has 174 valence electrons. The van der Waals surface area contributed by atoms with Crippen molar-refractivity contribution < 1.29 is 28.5 Å². The smallest absolute Gasteiger partial charge is 0.351 e. The molecule has 1 aliphatic heterocycles. The van der Waals surface area contributed by atoms with Gasteiger partial charge in [0.1, 0.15) is 28.6 Å². The minimum atomic E-state index is -0.636. The molecule has 1 heterocycles. The number of esters is 1. The zero-order valence-corrected chi connectivity index (χ0v) is 19.8. The normalized spacial score (nSPS) is 13.6. The Balaban J connectivity index is 1.61. The fourth-order valence-corrected chi connectivity index (χ4v) is 3.81. The Morgan fingerprint density at radius 3 is 2.15 bits per heavy atom. The molecule has 0 fully saturated rings. The summed E-state index contributed by atoms with van der Waals surface area (Å²) in [4.78, 5) is 25.9. The summed E-state index contributed by atoms with van der Waals surface area (Å²) in [5.41, 5.74) is 3.24. The van der Waals surface area contributed by atoms with Gasteiger partial charge in [-0.15, -0.1) is 0 Å². The molecule has 0 saturated carbocycles. The van der Waals surface area contributed by atoms with Crippen molar-refractivity contribution in [2.45, 2.75) is 26.7 Å². The first-order valence-corrected chi connectivity index (χ1v) is 10.9. The van der Waals surface area contributed by atoms with Crippen LogP contribution in [-0.2, 0) is 0 Å². The highest BCUT2D eigenvalue weighted by Crippen LogP contribution is 2.40. The highest BCUT2D eigenvalue weighted by atomic mass is 16.5. The maximum Gasteiger partial charge on any atom is 0.351 e. The first kappa shape index (κ1) is 23.1. The SMILES string of the molecule is COc1cccc(OC)c1C(=O)Oc1ccc2c(c1C)O/C(=C\c1ccc(C(C)C)cc1)C2=O. The number of carbonyl (C=O) groups is 2. The molecule has 3 aromatic rings. The molecule has 34 heavy (non-hydrogen) atoms. The van der Waals surface area contributed by atoms with Crippen LogP contribution in [0.15, 0.2) is 60.4 Å². The Labute approximate surface area is 198 Å². The van der Waals surface area contributed by atoms with E-state index in [1.54, 1.807) is 43.3 Å². The molecule has 6 nitrogen and oxygen atoms in total. The van der Waals surface area contributed by atoms with Crippen molar-refractivity contribution >= 4 is 17.8 Å². The number of hydrogen-bond donors (Lipinski definition) is 0. The van der Waals surface area contributed by atoms with E-state index in [1.807, 2.05) is 24.3 Å². The van der Waals surface area contributed by atoms with Crippen LogP contribution in [0, 0.1) is 6.92 Å². The summed E-state index contributed by atoms with van der Waals surface area (Å²) in [6.45, 7) is 6.00. The Kier molecular flexibility index (Phi) is 6.41. The maximum atomic E-state index is 13.0. The van der Waals surface area contributed by atoms with Crippen LogP contribution in [0.4, 0.5) is 0 Å². The van der Waals surface area contributed by atoms with Gasteiger partial charge in [0.05, 0.1) is 19.8 Å². The number of ether oxygens (including phenoxy) is 4. The second kappa shape index (κ2) is 9.43. The van der Waals surface area contributed by atoms with Crippen molar-refractivity contribution in [3.05, 3.63) is 88.2 Å². The molecule has 3 aromatic carbocycles. The van der Waals surface area contributed by atoms with E-state index in [2.05, 4.69) is 13.8 Å². The minimum Gasteiger partial charge on any atom is -0.496 e. The second-order valence-electron chi connectivity index (χ2n) is 8.25. The summed E-state index contributed by atoms with van der Waals surface area (Å²) in [7, 11) is 2.94. The molecule has 0 N–H and O–H groups in total. The lowest BCUT2D eigenvalue weighted by Gasteiger charge is -2.14. The Morgan fingerprint density at radius 1 is 0.912 bits per heavy atom. The third-order valence-corrected chi connectivity index (χ3v) is 5.77. The Hall–Kier alpha value is -4.06. The molecular formula is C28H26O6. The van der Waals surface area contributed by atoms with Gasteiger partial charge in [-0.3, -0.25) is 4.79 Å². The number of Topliss-reactive ketones (excluding diaryl/α,β-unsaturated/α-hetero) is 1. The van der Waals surface area contributed by atoms with Crippen molar-refractivity contribution in [1.82, 2.24) is 0 Å². The number of fused-ring (bicyclic) bond motifs is 1. The van der Waals surface area contributed by atoms with Crippen LogP contribution >= 0.6 is 0 Å². The van der Waals surface area contributed by atoms with E-state index in [0.717, 1.165) is 5.56 Å². The first-order valence-electron chi connectivity index (χ1n) is 10.9. The van der Waals surface area contributed by atoms with Gasteiger partial charge in [0.2, 0.25) is 5.78 Å². The van der Waals surface area contributed by atoms with Crippen molar-refractivity contribution in [2.75, 3.05) is 14.2 Å². The summed E-state index contributed by atoms with van der Waals surface area (Å²) >= 11 is 0. The van der Waals surface area contributed by atoms with Gasteiger partial charge in [0.25, 0.3) is 0 Å². The van der Waals surface area contributed by atoms with Gasteiger partial charge in [-0.2, -0.15) is 0 Å². The van der Waals surface area contributed by atoms with Crippen LogP contribution < -0.4 is 18.9 Å². The highest BCUT2D eigenvalue weighted by Gasteiger charge is 2.31. The largest absolute Gasteiger partial charge is 0.496 e. The van der Waals surface area contributed by atoms with Crippen molar-refractivity contribution in [3.8, 4) is 23.0 Å². The predicted octanol–water partition coefficient (Wildman–Crippen LogP) is 5.97. The van der Waals surface area contributed by atoms with Gasteiger partial charge in [0, 0.05) is 5.56 Å². The van der Waals surface area contributed by atoms with Crippen LogP contribution in [0.5, 0.6) is 23.0 Å². The summed E-state index contributed by atoms with van der Waals surface area (Å²) in [6, 6.07) is 16.2. The van der Waals surface area contributed by atoms with E-state index in [0.29, 0.717) is 34.3 Å². The molecule has 0 radical (unpaired) electrons. The molecule has 0 spiro atoms. The van der Waals surface area contributed by atoms with E-state index >= 15 is 0 Å². The van der Waals surface area contributed by atoms with E-state index in [1.165, 1.54) is 19.8 Å². The predicted molar refractivity (Wildman–Crippen MR) is 129 cm³/mol.